The van der Waals surface area contributed by atoms with Gasteiger partial charge in [0.2, 0.25) is 0 Å². The standard InChI is InChI=1S/C9H8O.C5H8/c1-7-6-8-4-2-3-5-9(8)10-7;1-3-5-4-2/h2-5H,1,6H2;3-5H,1H2,2H3/b;5-4-. The number of allylic oxidation sites excluding steroid dienone is 4. The molecule has 0 unspecified atom stereocenters. The molecule has 0 amide bonds. The number of rotatable bonds is 1. The maximum absolute atomic E-state index is 5.31. The zero-order valence-corrected chi connectivity index (χ0v) is 9.07. The summed E-state index contributed by atoms with van der Waals surface area (Å²) in [6.07, 6.45) is 6.45. The minimum atomic E-state index is 0.848. The zero-order valence-electron chi connectivity index (χ0n) is 9.07. The van der Waals surface area contributed by atoms with Crippen molar-refractivity contribution >= 4 is 0 Å². The van der Waals surface area contributed by atoms with Gasteiger partial charge in [-0.1, -0.05) is 49.6 Å². The van der Waals surface area contributed by atoms with Gasteiger partial charge in [-0.15, -0.1) is 0 Å². The van der Waals surface area contributed by atoms with Crippen LogP contribution in [0.25, 0.3) is 0 Å². The molecule has 0 aliphatic carbocycles. The van der Waals surface area contributed by atoms with Gasteiger partial charge in [-0.05, 0) is 13.0 Å². The summed E-state index contributed by atoms with van der Waals surface area (Å²) in [5, 5.41) is 0. The van der Waals surface area contributed by atoms with E-state index in [0.717, 1.165) is 17.9 Å². The van der Waals surface area contributed by atoms with Crippen LogP contribution < -0.4 is 4.74 Å². The fraction of sp³-hybridized carbons (Fsp3) is 0.143. The molecule has 0 saturated carbocycles. The zero-order chi connectivity index (χ0) is 11.1. The van der Waals surface area contributed by atoms with E-state index in [1.807, 2.05) is 37.3 Å². The van der Waals surface area contributed by atoms with E-state index >= 15 is 0 Å². The van der Waals surface area contributed by atoms with Crippen molar-refractivity contribution in [1.82, 2.24) is 0 Å². The molecule has 0 aromatic heterocycles. The lowest BCUT2D eigenvalue weighted by Crippen LogP contribution is -1.81. The molecule has 0 atom stereocenters. The first-order valence-electron chi connectivity index (χ1n) is 4.95. The average molecular weight is 200 g/mol. The summed E-state index contributed by atoms with van der Waals surface area (Å²) in [5.41, 5.74) is 1.24. The van der Waals surface area contributed by atoms with Crippen molar-refractivity contribution in [3.05, 3.63) is 67.0 Å². The van der Waals surface area contributed by atoms with Gasteiger partial charge in [0.15, 0.2) is 0 Å². The van der Waals surface area contributed by atoms with E-state index in [9.17, 15) is 0 Å². The normalized spacial score (nSPS) is 12.7. The SMILES string of the molecule is C=C/C=C\C.C=C1Cc2ccccc2O1. The van der Waals surface area contributed by atoms with Crippen LogP contribution in [0.4, 0.5) is 0 Å². The van der Waals surface area contributed by atoms with E-state index in [4.69, 9.17) is 4.74 Å². The number of hydrogen-bond acceptors (Lipinski definition) is 1. The fourth-order valence-electron chi connectivity index (χ4n) is 1.29. The maximum Gasteiger partial charge on any atom is 0.130 e. The van der Waals surface area contributed by atoms with Crippen LogP contribution in [0, 0.1) is 0 Å². The Kier molecular flexibility index (Phi) is 4.42. The first-order chi connectivity index (χ1) is 7.27. The molecule has 78 valence electrons. The van der Waals surface area contributed by atoms with Crippen molar-refractivity contribution in [2.45, 2.75) is 13.3 Å². The average Bonchev–Trinajstić information content (AvgIpc) is 2.60. The van der Waals surface area contributed by atoms with E-state index in [2.05, 4.69) is 19.2 Å². The maximum atomic E-state index is 5.31. The summed E-state index contributed by atoms with van der Waals surface area (Å²) in [6, 6.07) is 8.01. The molecule has 1 heteroatoms. The molecular formula is C14H16O. The topological polar surface area (TPSA) is 9.23 Å². The molecular weight excluding hydrogens is 184 g/mol. The third-order valence-corrected chi connectivity index (χ3v) is 1.94. The number of para-hydroxylation sites is 1. The van der Waals surface area contributed by atoms with E-state index in [-0.39, 0.29) is 0 Å². The Labute approximate surface area is 91.4 Å². The monoisotopic (exact) mass is 200 g/mol. The lowest BCUT2D eigenvalue weighted by Gasteiger charge is -1.94. The van der Waals surface area contributed by atoms with Crippen molar-refractivity contribution in [3.63, 3.8) is 0 Å². The molecule has 2 rings (SSSR count). The van der Waals surface area contributed by atoms with Crippen LogP contribution in [0.2, 0.25) is 0 Å². The molecule has 1 aromatic rings. The lowest BCUT2D eigenvalue weighted by molar-refractivity contribution is 0.449. The molecule has 0 radical (unpaired) electrons. The Balaban J connectivity index is 0.000000195. The molecule has 1 aliphatic rings. The van der Waals surface area contributed by atoms with Crippen molar-refractivity contribution in [3.8, 4) is 5.75 Å². The van der Waals surface area contributed by atoms with Gasteiger partial charge in [0, 0.05) is 12.0 Å². The van der Waals surface area contributed by atoms with Gasteiger partial charge in [-0.25, -0.2) is 0 Å². The van der Waals surface area contributed by atoms with Crippen LogP contribution in [-0.4, -0.2) is 0 Å². The second-order valence-corrected chi connectivity index (χ2v) is 3.19. The number of fused-ring (bicyclic) bond motifs is 1. The van der Waals surface area contributed by atoms with E-state index < -0.39 is 0 Å². The minimum absolute atomic E-state index is 0.848. The minimum Gasteiger partial charge on any atom is -0.462 e. The van der Waals surface area contributed by atoms with Crippen LogP contribution in [0.3, 0.4) is 0 Å². The van der Waals surface area contributed by atoms with Gasteiger partial charge >= 0.3 is 0 Å². The quantitative estimate of drug-likeness (QED) is 0.625. The Morgan fingerprint density at radius 3 is 2.60 bits per heavy atom. The third kappa shape index (κ3) is 3.47. The molecule has 1 aromatic carbocycles. The highest BCUT2D eigenvalue weighted by Crippen LogP contribution is 2.28. The highest BCUT2D eigenvalue weighted by molar-refractivity contribution is 5.40. The summed E-state index contributed by atoms with van der Waals surface area (Å²) in [4.78, 5) is 0. The van der Waals surface area contributed by atoms with Crippen LogP contribution in [0.1, 0.15) is 12.5 Å². The first kappa shape index (κ1) is 11.3. The summed E-state index contributed by atoms with van der Waals surface area (Å²) in [7, 11) is 0. The van der Waals surface area contributed by atoms with Crippen molar-refractivity contribution in [2.75, 3.05) is 0 Å². The fourth-order valence-corrected chi connectivity index (χ4v) is 1.29. The molecule has 0 N–H and O–H groups in total. The smallest absolute Gasteiger partial charge is 0.130 e. The van der Waals surface area contributed by atoms with Gasteiger partial charge in [-0.2, -0.15) is 0 Å². The van der Waals surface area contributed by atoms with E-state index in [1.165, 1.54) is 5.56 Å². The summed E-state index contributed by atoms with van der Waals surface area (Å²) < 4.78 is 5.31. The molecule has 0 spiro atoms. The molecule has 1 heterocycles. The number of hydrogen-bond donors (Lipinski definition) is 0. The van der Waals surface area contributed by atoms with Crippen LogP contribution in [0.5, 0.6) is 5.75 Å². The Morgan fingerprint density at radius 2 is 2.07 bits per heavy atom. The largest absolute Gasteiger partial charge is 0.462 e. The third-order valence-electron chi connectivity index (χ3n) is 1.94. The Bertz CT molecular complexity index is 348. The summed E-state index contributed by atoms with van der Waals surface area (Å²) in [6.45, 7) is 9.17. The number of benzene rings is 1. The van der Waals surface area contributed by atoms with Gasteiger partial charge in [0.05, 0.1) is 0 Å². The molecule has 0 bridgehead atoms. The Morgan fingerprint density at radius 1 is 1.33 bits per heavy atom. The predicted octanol–water partition coefficient (Wildman–Crippen LogP) is 3.88. The second kappa shape index (κ2) is 5.86. The molecule has 0 fully saturated rings. The lowest BCUT2D eigenvalue weighted by atomic mass is 10.2. The van der Waals surface area contributed by atoms with Crippen LogP contribution in [0.15, 0.2) is 61.4 Å². The summed E-state index contributed by atoms with van der Waals surface area (Å²) >= 11 is 0. The van der Waals surface area contributed by atoms with Crippen molar-refractivity contribution in [1.29, 1.82) is 0 Å². The second-order valence-electron chi connectivity index (χ2n) is 3.19. The highest BCUT2D eigenvalue weighted by Gasteiger charge is 2.13. The molecule has 1 nitrogen and oxygen atoms in total. The van der Waals surface area contributed by atoms with Crippen molar-refractivity contribution in [2.24, 2.45) is 0 Å². The van der Waals surface area contributed by atoms with E-state index in [0.29, 0.717) is 0 Å². The highest BCUT2D eigenvalue weighted by atomic mass is 16.5. The predicted molar refractivity (Wildman–Crippen MR) is 64.9 cm³/mol. The molecule has 1 aliphatic heterocycles. The first-order valence-corrected chi connectivity index (χ1v) is 4.95. The summed E-state index contributed by atoms with van der Waals surface area (Å²) in [5.74, 6) is 1.81. The van der Waals surface area contributed by atoms with Crippen LogP contribution in [-0.2, 0) is 6.42 Å². The van der Waals surface area contributed by atoms with Gasteiger partial charge in [0.25, 0.3) is 0 Å². The molecule has 15 heavy (non-hydrogen) atoms. The van der Waals surface area contributed by atoms with Gasteiger partial charge < -0.3 is 4.74 Å². The van der Waals surface area contributed by atoms with Crippen molar-refractivity contribution < 1.29 is 4.74 Å². The Hall–Kier alpha value is -1.76. The van der Waals surface area contributed by atoms with E-state index in [1.54, 1.807) is 6.08 Å². The van der Waals surface area contributed by atoms with Gasteiger partial charge in [-0.3, -0.25) is 0 Å². The number of ether oxygens (including phenoxy) is 1. The van der Waals surface area contributed by atoms with Crippen LogP contribution >= 0.6 is 0 Å². The van der Waals surface area contributed by atoms with Gasteiger partial charge in [0.1, 0.15) is 11.5 Å². The molecule has 0 saturated heterocycles.